The molecule has 2 aromatic rings. The number of amides is 1. The summed E-state index contributed by atoms with van der Waals surface area (Å²) < 4.78 is 27.5. The summed E-state index contributed by atoms with van der Waals surface area (Å²) in [6.45, 7) is 3.95. The first-order valence-electron chi connectivity index (χ1n) is 11.4. The largest absolute Gasteiger partial charge is 0.327 e. The number of hydrogen-bond acceptors (Lipinski definition) is 7. The topological polar surface area (TPSA) is 123 Å². The number of carbonyl (C=O) groups is 1. The summed E-state index contributed by atoms with van der Waals surface area (Å²) >= 11 is 1.26. The van der Waals surface area contributed by atoms with E-state index < -0.39 is 9.84 Å². The van der Waals surface area contributed by atoms with Crippen LogP contribution in [0.3, 0.4) is 0 Å². The monoisotopic (exact) mass is 490 g/mol. The zero-order valence-corrected chi connectivity index (χ0v) is 20.9. The molecular formula is C22H30N6O3S2. The fourth-order valence-corrected chi connectivity index (χ4v) is 7.44. The summed E-state index contributed by atoms with van der Waals surface area (Å²) in [5, 5.41) is 21.7. The average Bonchev–Trinajstić information content (AvgIpc) is 3.41. The lowest BCUT2D eigenvalue weighted by atomic mass is 9.95. The van der Waals surface area contributed by atoms with E-state index in [1.807, 2.05) is 13.8 Å². The molecule has 1 amide bonds. The Labute approximate surface area is 198 Å². The van der Waals surface area contributed by atoms with Crippen LogP contribution in [-0.4, -0.2) is 50.9 Å². The minimum Gasteiger partial charge on any atom is -0.327 e. The van der Waals surface area contributed by atoms with E-state index in [4.69, 9.17) is 0 Å². The quantitative estimate of drug-likeness (QED) is 0.617. The normalized spacial score (nSPS) is 20.6. The van der Waals surface area contributed by atoms with Crippen LogP contribution in [0.15, 0.2) is 5.16 Å². The summed E-state index contributed by atoms with van der Waals surface area (Å²) in [4.78, 5) is 12.9. The predicted octanol–water partition coefficient (Wildman–Crippen LogP) is 3.24. The smallest absolute Gasteiger partial charge is 0.235 e. The van der Waals surface area contributed by atoms with E-state index in [2.05, 4.69) is 26.2 Å². The lowest BCUT2D eigenvalue weighted by Gasteiger charge is -2.27. The first kappa shape index (κ1) is 23.8. The number of nitrogens with one attached hydrogen (secondary N) is 1. The number of rotatable bonds is 6. The molecule has 33 heavy (non-hydrogen) atoms. The molecular weight excluding hydrogens is 460 g/mol. The highest BCUT2D eigenvalue weighted by Crippen LogP contribution is 2.37. The molecule has 1 N–H and O–H groups in total. The molecule has 1 saturated heterocycles. The van der Waals surface area contributed by atoms with Crippen LogP contribution in [0.1, 0.15) is 73.1 Å². The van der Waals surface area contributed by atoms with Gasteiger partial charge in [0.1, 0.15) is 17.7 Å². The van der Waals surface area contributed by atoms with Crippen LogP contribution >= 0.6 is 11.8 Å². The van der Waals surface area contributed by atoms with Crippen molar-refractivity contribution in [1.29, 1.82) is 5.26 Å². The second-order valence-electron chi connectivity index (χ2n) is 9.04. The lowest BCUT2D eigenvalue weighted by molar-refractivity contribution is -0.113. The Morgan fingerprint density at radius 1 is 1.21 bits per heavy atom. The second kappa shape index (κ2) is 9.50. The predicted molar refractivity (Wildman–Crippen MR) is 127 cm³/mol. The summed E-state index contributed by atoms with van der Waals surface area (Å²) in [5.74, 6) is 1.27. The van der Waals surface area contributed by atoms with Gasteiger partial charge in [0.2, 0.25) is 5.91 Å². The molecule has 1 aliphatic carbocycles. The van der Waals surface area contributed by atoms with Crippen LogP contribution in [0.2, 0.25) is 0 Å². The molecule has 2 aliphatic rings. The van der Waals surface area contributed by atoms with Gasteiger partial charge >= 0.3 is 0 Å². The number of carbonyl (C=O) groups excluding carboxylic acids is 1. The van der Waals surface area contributed by atoms with Crippen molar-refractivity contribution in [3.63, 3.8) is 0 Å². The summed E-state index contributed by atoms with van der Waals surface area (Å²) in [7, 11) is -1.21. The second-order valence-corrected chi connectivity index (χ2v) is 12.2. The zero-order valence-electron chi connectivity index (χ0n) is 19.3. The Hall–Kier alpha value is -2.32. The molecule has 9 nitrogen and oxygen atoms in total. The molecule has 4 rings (SSSR count). The van der Waals surface area contributed by atoms with Gasteiger partial charge in [-0.1, -0.05) is 31.0 Å². The Kier molecular flexibility index (Phi) is 6.86. The number of nitrogens with zero attached hydrogens (tertiary/aromatic N) is 5. The van der Waals surface area contributed by atoms with E-state index in [1.54, 1.807) is 11.6 Å². The molecule has 2 fully saturated rings. The van der Waals surface area contributed by atoms with Gasteiger partial charge in [-0.3, -0.25) is 4.79 Å². The fraction of sp³-hybridized carbons (Fsp3) is 0.636. The third kappa shape index (κ3) is 4.82. The van der Waals surface area contributed by atoms with Crippen LogP contribution in [0, 0.1) is 25.2 Å². The van der Waals surface area contributed by atoms with Crippen LogP contribution in [0.5, 0.6) is 0 Å². The van der Waals surface area contributed by atoms with E-state index in [1.165, 1.54) is 18.2 Å². The first-order chi connectivity index (χ1) is 15.7. The van der Waals surface area contributed by atoms with E-state index in [9.17, 15) is 18.5 Å². The minimum atomic E-state index is -3.01. The van der Waals surface area contributed by atoms with Gasteiger partial charge in [-0.15, -0.1) is 10.2 Å². The molecule has 3 heterocycles. The number of hydrogen-bond donors (Lipinski definition) is 1. The number of sulfone groups is 1. The highest BCUT2D eigenvalue weighted by atomic mass is 32.2. The third-order valence-corrected chi connectivity index (χ3v) is 9.65. The van der Waals surface area contributed by atoms with Gasteiger partial charge < -0.3 is 14.5 Å². The van der Waals surface area contributed by atoms with Gasteiger partial charge in [-0.25, -0.2) is 8.42 Å². The van der Waals surface area contributed by atoms with Gasteiger partial charge in [0.05, 0.1) is 22.8 Å². The van der Waals surface area contributed by atoms with E-state index in [0.717, 1.165) is 36.9 Å². The molecule has 11 heteroatoms. The highest BCUT2D eigenvalue weighted by molar-refractivity contribution is 7.99. The number of anilines is 1. The zero-order chi connectivity index (χ0) is 23.8. The SMILES string of the molecule is Cc1c(C#N)c(NC(=O)CSc2nnc([C@@H]3CCS(=O)(=O)C3)n2C)n(C2CCCCC2)c1C. The Morgan fingerprint density at radius 2 is 1.94 bits per heavy atom. The molecule has 0 bridgehead atoms. The maximum absolute atomic E-state index is 12.9. The first-order valence-corrected chi connectivity index (χ1v) is 14.2. The van der Waals surface area contributed by atoms with Gasteiger partial charge in [0.25, 0.3) is 0 Å². The van der Waals surface area contributed by atoms with E-state index >= 15 is 0 Å². The summed E-state index contributed by atoms with van der Waals surface area (Å²) in [6.07, 6.45) is 6.19. The third-order valence-electron chi connectivity index (χ3n) is 6.86. The van der Waals surface area contributed by atoms with Crippen molar-refractivity contribution in [3.05, 3.63) is 22.6 Å². The van der Waals surface area contributed by atoms with Gasteiger partial charge in [0.15, 0.2) is 15.0 Å². The summed E-state index contributed by atoms with van der Waals surface area (Å²) in [6, 6.07) is 2.57. The Morgan fingerprint density at radius 3 is 2.58 bits per heavy atom. The number of aromatic nitrogens is 4. The van der Waals surface area contributed by atoms with E-state index in [0.29, 0.717) is 34.8 Å². The molecule has 1 saturated carbocycles. The number of thioether (sulfide) groups is 1. The molecule has 2 aromatic heterocycles. The standard InChI is InChI=1S/C22H30N6O3S2/c1-14-15(2)28(17-7-5-4-6-8-17)21(18(14)11-23)24-19(29)12-32-22-26-25-20(27(22)3)16-9-10-33(30,31)13-16/h16-17H,4-10,12-13H2,1-3H3,(H,24,29)/t16-/m1/s1. The van der Waals surface area contributed by atoms with Crippen LogP contribution in [0.25, 0.3) is 0 Å². The molecule has 0 radical (unpaired) electrons. The van der Waals surface area contributed by atoms with Crippen molar-refractivity contribution in [2.24, 2.45) is 7.05 Å². The highest BCUT2D eigenvalue weighted by Gasteiger charge is 2.33. The van der Waals surface area contributed by atoms with Crippen molar-refractivity contribution >= 4 is 33.3 Å². The minimum absolute atomic E-state index is 0.0952. The van der Waals surface area contributed by atoms with Crippen molar-refractivity contribution in [3.8, 4) is 6.07 Å². The molecule has 0 unspecified atom stereocenters. The fourth-order valence-electron chi connectivity index (χ4n) is 4.99. The van der Waals surface area contributed by atoms with Gasteiger partial charge in [-0.2, -0.15) is 5.26 Å². The molecule has 1 atom stereocenters. The molecule has 178 valence electrons. The van der Waals surface area contributed by atoms with Crippen molar-refractivity contribution < 1.29 is 13.2 Å². The summed E-state index contributed by atoms with van der Waals surface area (Å²) in [5.41, 5.74) is 2.47. The van der Waals surface area contributed by atoms with Crippen LogP contribution in [0.4, 0.5) is 5.82 Å². The lowest BCUT2D eigenvalue weighted by Crippen LogP contribution is -2.22. The van der Waals surface area contributed by atoms with Crippen LogP contribution in [-0.2, 0) is 21.7 Å². The molecule has 0 aromatic carbocycles. The van der Waals surface area contributed by atoms with Crippen molar-refractivity contribution in [1.82, 2.24) is 19.3 Å². The number of nitriles is 1. The maximum Gasteiger partial charge on any atom is 0.235 e. The Balaban J connectivity index is 1.47. The van der Waals surface area contributed by atoms with Crippen LogP contribution < -0.4 is 5.32 Å². The average molecular weight is 491 g/mol. The van der Waals surface area contributed by atoms with Gasteiger partial charge in [-0.05, 0) is 38.7 Å². The van der Waals surface area contributed by atoms with Crippen molar-refractivity contribution in [2.75, 3.05) is 22.6 Å². The molecule has 1 aliphatic heterocycles. The van der Waals surface area contributed by atoms with E-state index in [-0.39, 0.29) is 29.1 Å². The van der Waals surface area contributed by atoms with Crippen molar-refractivity contribution in [2.45, 2.75) is 69.5 Å². The van der Waals surface area contributed by atoms with Gasteiger partial charge in [0, 0.05) is 24.7 Å². The Bertz CT molecular complexity index is 1200. The maximum atomic E-state index is 12.9. The molecule has 0 spiro atoms.